The largest absolute Gasteiger partial charge is 0.494 e. The van der Waals surface area contributed by atoms with Crippen LogP contribution in [0.5, 0.6) is 11.5 Å². The molecule has 10 nitrogen and oxygen atoms in total. The molecule has 0 bridgehead atoms. The summed E-state index contributed by atoms with van der Waals surface area (Å²) in [5, 5.41) is 16.5. The predicted molar refractivity (Wildman–Crippen MR) is 147 cm³/mol. The number of hydrogen-bond acceptors (Lipinski definition) is 7. The third kappa shape index (κ3) is 5.37. The second-order valence-electron chi connectivity index (χ2n) is 10.4. The molecule has 0 radical (unpaired) electrons. The molecule has 3 heterocycles. The number of nitrogens with zero attached hydrogens (tertiary/aromatic N) is 3. The van der Waals surface area contributed by atoms with Crippen LogP contribution in [0.1, 0.15) is 35.1 Å². The number of ether oxygens (including phenoxy) is 2. The van der Waals surface area contributed by atoms with Crippen LogP contribution in [0.15, 0.2) is 42.6 Å². The van der Waals surface area contributed by atoms with Gasteiger partial charge in [0.2, 0.25) is 11.5 Å². The average molecular weight is 658 g/mol. The Bertz CT molecular complexity index is 1850. The Kier molecular flexibility index (Phi) is 7.85. The standard InChI is InChI=1S/C28H22ClF6N5O5/c1-26(24(36)42)11-45-22-15(26)8-19(38-21(22)12-3-4-17(30)16(29)6-12)27(43,28(33,34)35)10-37-23(41)13-5-14-9-40(25(31)32)39-20(14)18(7-13)44-2/h3-9,25,43H,10-11H2,1-2H3,(H2,36,42)(H,37,41)/t26-,27?/m0/s1. The number of fused-ring (bicyclic) bond motifs is 2. The quantitative estimate of drug-likeness (QED) is 0.235. The number of alkyl halides is 5. The van der Waals surface area contributed by atoms with E-state index in [9.17, 15) is 41.0 Å². The fourth-order valence-electron chi connectivity index (χ4n) is 4.79. The number of halogens is 7. The van der Waals surface area contributed by atoms with Crippen molar-refractivity contribution in [3.63, 3.8) is 0 Å². The molecule has 45 heavy (non-hydrogen) atoms. The van der Waals surface area contributed by atoms with Gasteiger partial charge in [-0.25, -0.2) is 14.1 Å². The highest BCUT2D eigenvalue weighted by molar-refractivity contribution is 6.31. The maximum atomic E-state index is 14.7. The van der Waals surface area contributed by atoms with Gasteiger partial charge in [-0.15, -0.1) is 0 Å². The van der Waals surface area contributed by atoms with Gasteiger partial charge >= 0.3 is 12.7 Å². The minimum absolute atomic E-state index is 0.00785. The van der Waals surface area contributed by atoms with E-state index in [4.69, 9.17) is 26.8 Å². The SMILES string of the molecule is COc1cc(C(=O)NCC(O)(c2cc3c(c(-c4ccc(F)c(Cl)c4)n2)OC[C@]3(C)C(N)=O)C(F)(F)F)cc2cn(C(F)F)nc12. The van der Waals surface area contributed by atoms with E-state index < -0.39 is 58.6 Å². The molecule has 0 saturated heterocycles. The molecule has 2 aromatic carbocycles. The molecule has 1 aliphatic heterocycles. The van der Waals surface area contributed by atoms with Crippen LogP contribution in [0.4, 0.5) is 26.3 Å². The summed E-state index contributed by atoms with van der Waals surface area (Å²) >= 11 is 5.90. The average Bonchev–Trinajstić information content (AvgIpc) is 3.58. The van der Waals surface area contributed by atoms with E-state index in [0.717, 1.165) is 42.6 Å². The Labute approximate surface area is 254 Å². The maximum Gasteiger partial charge on any atom is 0.424 e. The van der Waals surface area contributed by atoms with Crippen molar-refractivity contribution < 1.29 is 50.5 Å². The highest BCUT2D eigenvalue weighted by Crippen LogP contribution is 2.48. The van der Waals surface area contributed by atoms with Crippen molar-refractivity contribution in [2.24, 2.45) is 5.73 Å². The summed E-state index contributed by atoms with van der Waals surface area (Å²) in [6, 6.07) is 6.14. The number of primary amides is 1. The Morgan fingerprint density at radius 1 is 1.24 bits per heavy atom. The van der Waals surface area contributed by atoms with Crippen LogP contribution in [-0.4, -0.2) is 58.1 Å². The van der Waals surface area contributed by atoms with Gasteiger partial charge in [0.15, 0.2) is 0 Å². The molecule has 1 unspecified atom stereocenters. The zero-order valence-corrected chi connectivity index (χ0v) is 23.9. The van der Waals surface area contributed by atoms with Crippen LogP contribution < -0.4 is 20.5 Å². The maximum absolute atomic E-state index is 14.7. The highest BCUT2D eigenvalue weighted by atomic mass is 35.5. The molecule has 0 fully saturated rings. The smallest absolute Gasteiger partial charge is 0.424 e. The van der Waals surface area contributed by atoms with Gasteiger partial charge in [0, 0.05) is 28.3 Å². The summed E-state index contributed by atoms with van der Waals surface area (Å²) < 4.78 is 95.3. The van der Waals surface area contributed by atoms with Crippen LogP contribution in [-0.2, 0) is 15.8 Å². The fraction of sp³-hybridized carbons (Fsp3) is 0.286. The number of carbonyl (C=O) groups is 2. The monoisotopic (exact) mass is 657 g/mol. The Morgan fingerprint density at radius 2 is 1.96 bits per heavy atom. The van der Waals surface area contributed by atoms with Crippen molar-refractivity contribution in [3.05, 3.63) is 70.3 Å². The van der Waals surface area contributed by atoms with Gasteiger partial charge in [0.25, 0.3) is 5.91 Å². The van der Waals surface area contributed by atoms with Crippen LogP contribution in [0.2, 0.25) is 5.02 Å². The minimum atomic E-state index is -5.47. The third-order valence-electron chi connectivity index (χ3n) is 7.48. The molecular formula is C28H22ClF6N5O5. The Balaban J connectivity index is 1.59. The van der Waals surface area contributed by atoms with E-state index >= 15 is 0 Å². The molecule has 2 amide bonds. The van der Waals surface area contributed by atoms with E-state index in [-0.39, 0.29) is 51.4 Å². The molecule has 0 saturated carbocycles. The normalized spacial score (nSPS) is 17.6. The van der Waals surface area contributed by atoms with Gasteiger partial charge < -0.3 is 25.6 Å². The lowest BCUT2D eigenvalue weighted by Crippen LogP contribution is -2.51. The van der Waals surface area contributed by atoms with Gasteiger partial charge in [-0.2, -0.15) is 27.1 Å². The summed E-state index contributed by atoms with van der Waals surface area (Å²) in [5.74, 6) is -3.18. The molecule has 1 aliphatic rings. The summed E-state index contributed by atoms with van der Waals surface area (Å²) in [4.78, 5) is 29.5. The predicted octanol–water partition coefficient (Wildman–Crippen LogP) is 4.61. The van der Waals surface area contributed by atoms with Crippen molar-refractivity contribution in [3.8, 4) is 22.8 Å². The molecule has 0 aliphatic carbocycles. The summed E-state index contributed by atoms with van der Waals surface area (Å²) in [7, 11) is 1.18. The van der Waals surface area contributed by atoms with Crippen molar-refractivity contribution in [2.75, 3.05) is 20.3 Å². The van der Waals surface area contributed by atoms with E-state index in [2.05, 4.69) is 10.1 Å². The Morgan fingerprint density at radius 3 is 2.56 bits per heavy atom. The van der Waals surface area contributed by atoms with E-state index in [1.807, 2.05) is 5.32 Å². The molecule has 5 rings (SSSR count). The number of benzene rings is 2. The van der Waals surface area contributed by atoms with Gasteiger partial charge in [-0.1, -0.05) is 11.6 Å². The molecule has 0 spiro atoms. The summed E-state index contributed by atoms with van der Waals surface area (Å²) in [6.07, 6.45) is -4.55. The van der Waals surface area contributed by atoms with Crippen LogP contribution in [0.3, 0.4) is 0 Å². The van der Waals surface area contributed by atoms with Crippen LogP contribution in [0.25, 0.3) is 22.2 Å². The molecule has 4 N–H and O–H groups in total. The van der Waals surface area contributed by atoms with E-state index in [1.165, 1.54) is 14.0 Å². The molecule has 4 aromatic rings. The number of pyridine rings is 1. The Hall–Kier alpha value is -4.57. The number of amides is 2. The molecule has 17 heteroatoms. The summed E-state index contributed by atoms with van der Waals surface area (Å²) in [6.45, 7) is -3.56. The fourth-order valence-corrected chi connectivity index (χ4v) is 4.97. The number of nitrogens with two attached hydrogens (primary N) is 1. The lowest BCUT2D eigenvalue weighted by molar-refractivity contribution is -0.265. The zero-order chi connectivity index (χ0) is 33.1. The van der Waals surface area contributed by atoms with Crippen molar-refractivity contribution in [1.82, 2.24) is 20.1 Å². The van der Waals surface area contributed by atoms with Gasteiger partial charge in [0.05, 0.1) is 24.4 Å². The number of carbonyl (C=O) groups excluding carboxylic acids is 2. The van der Waals surface area contributed by atoms with Crippen LogP contribution in [0, 0.1) is 5.82 Å². The third-order valence-corrected chi connectivity index (χ3v) is 7.77. The first-order valence-electron chi connectivity index (χ1n) is 12.9. The van der Waals surface area contributed by atoms with Gasteiger partial charge in [-0.3, -0.25) is 9.59 Å². The molecular weight excluding hydrogens is 636 g/mol. The zero-order valence-electron chi connectivity index (χ0n) is 23.2. The van der Waals surface area contributed by atoms with Crippen molar-refractivity contribution >= 4 is 34.3 Å². The first-order valence-corrected chi connectivity index (χ1v) is 13.2. The molecule has 2 atom stereocenters. The van der Waals surface area contributed by atoms with Crippen molar-refractivity contribution in [2.45, 2.75) is 30.7 Å². The highest BCUT2D eigenvalue weighted by Gasteiger charge is 2.57. The lowest BCUT2D eigenvalue weighted by atomic mass is 9.81. The molecule has 2 aromatic heterocycles. The van der Waals surface area contributed by atoms with E-state index in [0.29, 0.717) is 4.68 Å². The van der Waals surface area contributed by atoms with Crippen LogP contribution >= 0.6 is 11.6 Å². The number of methoxy groups -OCH3 is 1. The lowest BCUT2D eigenvalue weighted by Gasteiger charge is -2.31. The van der Waals surface area contributed by atoms with Gasteiger partial charge in [-0.05, 0) is 43.3 Å². The number of hydrogen-bond donors (Lipinski definition) is 3. The second kappa shape index (κ2) is 11.1. The number of aliphatic hydroxyl groups is 1. The second-order valence-corrected chi connectivity index (χ2v) is 10.8. The minimum Gasteiger partial charge on any atom is -0.494 e. The van der Waals surface area contributed by atoms with Gasteiger partial charge in [0.1, 0.15) is 40.5 Å². The number of nitrogens with one attached hydrogen (secondary N) is 1. The van der Waals surface area contributed by atoms with E-state index in [1.54, 1.807) is 0 Å². The topological polar surface area (TPSA) is 142 Å². The first-order chi connectivity index (χ1) is 21.0. The number of rotatable bonds is 8. The molecule has 238 valence electrons. The van der Waals surface area contributed by atoms with Crippen molar-refractivity contribution in [1.29, 1.82) is 0 Å². The summed E-state index contributed by atoms with van der Waals surface area (Å²) in [5.41, 5.74) is -1.80. The number of aromatic nitrogens is 3. The first kappa shape index (κ1) is 31.8.